The minimum Gasteiger partial charge on any atom is -0.458 e. The number of aromatic nitrogens is 3. The molecule has 0 bridgehead atoms. The van der Waals surface area contributed by atoms with E-state index in [1.807, 2.05) is 12.1 Å². The zero-order valence-corrected chi connectivity index (χ0v) is 19.1. The molecule has 1 heterocycles. The van der Waals surface area contributed by atoms with Gasteiger partial charge in [0.05, 0.1) is 12.1 Å². The molecule has 0 saturated heterocycles. The van der Waals surface area contributed by atoms with Gasteiger partial charge in [0.15, 0.2) is 5.82 Å². The summed E-state index contributed by atoms with van der Waals surface area (Å²) in [4.78, 5) is 16.6. The zero-order chi connectivity index (χ0) is 25.0. The van der Waals surface area contributed by atoms with Crippen molar-refractivity contribution in [3.05, 3.63) is 95.3 Å². The van der Waals surface area contributed by atoms with E-state index in [-0.39, 0.29) is 18.1 Å². The largest absolute Gasteiger partial charge is 0.573 e. The van der Waals surface area contributed by atoms with Gasteiger partial charge in [-0.25, -0.2) is 9.67 Å². The first-order valence-electron chi connectivity index (χ1n) is 10.5. The highest BCUT2D eigenvalue weighted by Gasteiger charge is 2.31. The fraction of sp³-hybridized carbons (Fsp3) is 0.160. The number of ether oxygens (including phenoxy) is 2. The Kier molecular flexibility index (Phi) is 7.07. The van der Waals surface area contributed by atoms with Gasteiger partial charge in [-0.3, -0.25) is 4.79 Å². The van der Waals surface area contributed by atoms with E-state index in [1.54, 1.807) is 43.3 Å². The van der Waals surface area contributed by atoms with Crippen LogP contribution in [-0.4, -0.2) is 27.1 Å². The summed E-state index contributed by atoms with van der Waals surface area (Å²) in [5.41, 5.74) is 2.85. The molecule has 0 aliphatic heterocycles. The van der Waals surface area contributed by atoms with Crippen LogP contribution in [0.4, 0.5) is 13.2 Å². The van der Waals surface area contributed by atoms with E-state index in [4.69, 9.17) is 16.3 Å². The van der Waals surface area contributed by atoms with Crippen LogP contribution in [0.25, 0.3) is 17.1 Å². The third-order valence-electron chi connectivity index (χ3n) is 5.03. The molecule has 1 atom stereocenters. The number of esters is 1. The summed E-state index contributed by atoms with van der Waals surface area (Å²) < 4.78 is 47.8. The van der Waals surface area contributed by atoms with Gasteiger partial charge >= 0.3 is 12.3 Å². The number of carbonyl (C=O) groups is 1. The molecule has 4 rings (SSSR count). The lowest BCUT2D eigenvalue weighted by Crippen LogP contribution is -2.17. The normalized spacial score (nSPS) is 12.3. The predicted octanol–water partition coefficient (Wildman–Crippen LogP) is 6.33. The Labute approximate surface area is 203 Å². The minimum atomic E-state index is -4.75. The summed E-state index contributed by atoms with van der Waals surface area (Å²) in [6.07, 6.45) is -3.59. The van der Waals surface area contributed by atoms with Crippen molar-refractivity contribution in [2.24, 2.45) is 0 Å². The first-order valence-corrected chi connectivity index (χ1v) is 10.9. The van der Waals surface area contributed by atoms with E-state index in [0.29, 0.717) is 22.1 Å². The lowest BCUT2D eigenvalue weighted by molar-refractivity contribution is -0.274. The monoisotopic (exact) mass is 501 g/mol. The number of alkyl halides is 3. The van der Waals surface area contributed by atoms with Crippen molar-refractivity contribution in [3.63, 3.8) is 0 Å². The molecule has 3 aromatic carbocycles. The maximum Gasteiger partial charge on any atom is 0.573 e. The molecule has 4 aromatic rings. The molecule has 0 N–H and O–H groups in total. The van der Waals surface area contributed by atoms with Crippen LogP contribution in [0.3, 0.4) is 0 Å². The molecule has 0 aliphatic carbocycles. The first kappa shape index (κ1) is 24.3. The predicted molar refractivity (Wildman–Crippen MR) is 123 cm³/mol. The van der Waals surface area contributed by atoms with Crippen LogP contribution in [0.15, 0.2) is 79.1 Å². The average molecular weight is 502 g/mol. The van der Waals surface area contributed by atoms with Gasteiger partial charge in [0, 0.05) is 10.6 Å². The molecule has 0 spiro atoms. The van der Waals surface area contributed by atoms with Crippen molar-refractivity contribution >= 4 is 17.6 Å². The van der Waals surface area contributed by atoms with E-state index in [2.05, 4.69) is 14.8 Å². The van der Waals surface area contributed by atoms with E-state index in [1.165, 1.54) is 35.3 Å². The van der Waals surface area contributed by atoms with E-state index >= 15 is 0 Å². The second kappa shape index (κ2) is 10.2. The lowest BCUT2D eigenvalue weighted by atomic mass is 10.1. The van der Waals surface area contributed by atoms with Crippen molar-refractivity contribution < 1.29 is 27.4 Å². The van der Waals surface area contributed by atoms with Crippen molar-refractivity contribution in [1.82, 2.24) is 14.8 Å². The molecule has 1 aromatic heterocycles. The summed E-state index contributed by atoms with van der Waals surface area (Å²) in [6, 6.07) is 19.5. The summed E-state index contributed by atoms with van der Waals surface area (Å²) in [6.45, 7) is 1.79. The van der Waals surface area contributed by atoms with Crippen LogP contribution in [0, 0.1) is 0 Å². The standard InChI is InChI=1S/C25H19ClF3N3O3/c1-16(18-6-8-20(26)9-7-18)34-23(33)14-17-2-4-19(5-3-17)24-30-15-32(31-24)21-10-12-22(13-11-21)35-25(27,28)29/h2-13,15-16H,14H2,1H3. The van der Waals surface area contributed by atoms with E-state index < -0.39 is 12.5 Å². The second-order valence-corrected chi connectivity index (χ2v) is 8.05. The van der Waals surface area contributed by atoms with Crippen LogP contribution < -0.4 is 4.74 Å². The molecule has 0 aliphatic rings. The van der Waals surface area contributed by atoms with Gasteiger partial charge in [0.25, 0.3) is 0 Å². The average Bonchev–Trinajstić information content (AvgIpc) is 3.29. The van der Waals surface area contributed by atoms with Gasteiger partial charge in [-0.2, -0.15) is 0 Å². The van der Waals surface area contributed by atoms with Gasteiger partial charge in [-0.1, -0.05) is 48.0 Å². The maximum absolute atomic E-state index is 12.3. The molecule has 35 heavy (non-hydrogen) atoms. The molecule has 10 heteroatoms. The quantitative estimate of drug-likeness (QED) is 0.277. The minimum absolute atomic E-state index is 0.104. The van der Waals surface area contributed by atoms with Gasteiger partial charge < -0.3 is 9.47 Å². The van der Waals surface area contributed by atoms with Crippen molar-refractivity contribution in [2.75, 3.05) is 0 Å². The van der Waals surface area contributed by atoms with Crippen LogP contribution in [-0.2, 0) is 16.0 Å². The van der Waals surface area contributed by atoms with Crippen LogP contribution in [0.1, 0.15) is 24.2 Å². The van der Waals surface area contributed by atoms with E-state index in [9.17, 15) is 18.0 Å². The van der Waals surface area contributed by atoms with Crippen LogP contribution in [0.5, 0.6) is 5.75 Å². The first-order chi connectivity index (χ1) is 16.7. The highest BCUT2D eigenvalue weighted by molar-refractivity contribution is 6.30. The SMILES string of the molecule is CC(OC(=O)Cc1ccc(-c2ncn(-c3ccc(OC(F)(F)F)cc3)n2)cc1)c1ccc(Cl)cc1. The molecule has 0 saturated carbocycles. The van der Waals surface area contributed by atoms with Gasteiger partial charge in [-0.05, 0) is 54.4 Å². The molecule has 6 nitrogen and oxygen atoms in total. The number of carbonyl (C=O) groups excluding carboxylic acids is 1. The zero-order valence-electron chi connectivity index (χ0n) is 18.4. The number of nitrogens with zero attached hydrogens (tertiary/aromatic N) is 3. The smallest absolute Gasteiger partial charge is 0.458 e. The van der Waals surface area contributed by atoms with Gasteiger partial charge in [0.2, 0.25) is 0 Å². The molecule has 0 radical (unpaired) electrons. The van der Waals surface area contributed by atoms with Crippen molar-refractivity contribution in [2.45, 2.75) is 25.8 Å². The Morgan fingerprint density at radius 3 is 2.29 bits per heavy atom. The highest BCUT2D eigenvalue weighted by atomic mass is 35.5. The summed E-state index contributed by atoms with van der Waals surface area (Å²) >= 11 is 5.89. The fourth-order valence-electron chi connectivity index (χ4n) is 3.30. The fourth-order valence-corrected chi connectivity index (χ4v) is 3.43. The Balaban J connectivity index is 1.37. The molecule has 1 unspecified atom stereocenters. The number of benzene rings is 3. The molecule has 180 valence electrons. The Morgan fingerprint density at radius 1 is 1.00 bits per heavy atom. The molecular formula is C25H19ClF3N3O3. The Hall–Kier alpha value is -3.85. The van der Waals surface area contributed by atoms with Crippen LogP contribution in [0.2, 0.25) is 5.02 Å². The third kappa shape index (κ3) is 6.60. The summed E-state index contributed by atoms with van der Waals surface area (Å²) in [5, 5.41) is 4.98. The molecule has 0 fully saturated rings. The molecule has 0 amide bonds. The topological polar surface area (TPSA) is 66.2 Å². The number of hydrogen-bond donors (Lipinski definition) is 0. The highest BCUT2D eigenvalue weighted by Crippen LogP contribution is 2.24. The van der Waals surface area contributed by atoms with Crippen LogP contribution >= 0.6 is 11.6 Å². The van der Waals surface area contributed by atoms with Gasteiger partial charge in [-0.15, -0.1) is 18.3 Å². The summed E-state index contributed by atoms with van der Waals surface area (Å²) in [5.74, 6) is -0.259. The lowest BCUT2D eigenvalue weighted by Gasteiger charge is -2.13. The Bertz CT molecular complexity index is 1290. The van der Waals surface area contributed by atoms with Gasteiger partial charge in [0.1, 0.15) is 18.2 Å². The number of rotatable bonds is 7. The van der Waals surface area contributed by atoms with Crippen molar-refractivity contribution in [3.8, 4) is 22.8 Å². The molecular weight excluding hydrogens is 483 g/mol. The summed E-state index contributed by atoms with van der Waals surface area (Å²) in [7, 11) is 0. The Morgan fingerprint density at radius 2 is 1.66 bits per heavy atom. The second-order valence-electron chi connectivity index (χ2n) is 7.61. The maximum atomic E-state index is 12.3. The third-order valence-corrected chi connectivity index (χ3v) is 5.29. The van der Waals surface area contributed by atoms with E-state index in [0.717, 1.165) is 11.1 Å². The van der Waals surface area contributed by atoms with Crippen molar-refractivity contribution in [1.29, 1.82) is 0 Å². The number of hydrogen-bond acceptors (Lipinski definition) is 5. The number of halogens is 4.